The Morgan fingerprint density at radius 1 is 1.20 bits per heavy atom. The molecule has 10 heteroatoms. The number of aromatic nitrogens is 2. The van der Waals surface area contributed by atoms with Crippen LogP contribution in [0.15, 0.2) is 47.4 Å². The molecule has 0 spiro atoms. The molecule has 3 rings (SSSR count). The maximum Gasteiger partial charge on any atom is 0.269 e. The van der Waals surface area contributed by atoms with Crippen molar-refractivity contribution in [2.75, 3.05) is 7.05 Å². The minimum atomic E-state index is -3.85. The van der Waals surface area contributed by atoms with E-state index in [0.717, 1.165) is 11.7 Å². The molecule has 2 aromatic carbocycles. The van der Waals surface area contributed by atoms with E-state index in [9.17, 15) is 18.5 Å². The van der Waals surface area contributed by atoms with Crippen molar-refractivity contribution in [1.29, 1.82) is 0 Å². The van der Waals surface area contributed by atoms with Crippen molar-refractivity contribution in [3.05, 3.63) is 58.1 Å². The second kappa shape index (κ2) is 6.47. The van der Waals surface area contributed by atoms with Crippen molar-refractivity contribution in [3.63, 3.8) is 0 Å². The van der Waals surface area contributed by atoms with Crippen molar-refractivity contribution in [2.45, 2.75) is 17.9 Å². The van der Waals surface area contributed by atoms with Crippen LogP contribution in [0.2, 0.25) is 0 Å². The Labute approximate surface area is 148 Å². The molecule has 0 saturated heterocycles. The fraction of sp³-hybridized carbons (Fsp3) is 0.200. The second-order valence-corrected chi connectivity index (χ2v) is 7.93. The van der Waals surface area contributed by atoms with Gasteiger partial charge < -0.3 is 0 Å². The van der Waals surface area contributed by atoms with Crippen molar-refractivity contribution in [3.8, 4) is 0 Å². The van der Waals surface area contributed by atoms with Crippen molar-refractivity contribution in [2.24, 2.45) is 0 Å². The number of nitro benzene ring substituents is 1. The molecule has 1 heterocycles. The van der Waals surface area contributed by atoms with E-state index in [0.29, 0.717) is 16.6 Å². The van der Waals surface area contributed by atoms with Gasteiger partial charge in [-0.2, -0.15) is 13.1 Å². The van der Waals surface area contributed by atoms with Crippen LogP contribution in [0.1, 0.15) is 18.5 Å². The summed E-state index contributed by atoms with van der Waals surface area (Å²) in [5.74, 6) is 0. The van der Waals surface area contributed by atoms with Gasteiger partial charge in [0.1, 0.15) is 15.9 Å². The summed E-state index contributed by atoms with van der Waals surface area (Å²) in [4.78, 5) is 10.5. The molecule has 0 aliphatic rings. The lowest BCUT2D eigenvalue weighted by Crippen LogP contribution is -2.30. The summed E-state index contributed by atoms with van der Waals surface area (Å²) in [6, 6.07) is 10.1. The van der Waals surface area contributed by atoms with Gasteiger partial charge in [0.2, 0.25) is 10.0 Å². The van der Waals surface area contributed by atoms with Gasteiger partial charge in [-0.05, 0) is 24.6 Å². The highest BCUT2D eigenvalue weighted by Crippen LogP contribution is 2.30. The molecular formula is C15H14N4O4S2. The van der Waals surface area contributed by atoms with Crippen LogP contribution in [0.25, 0.3) is 11.0 Å². The average molecular weight is 378 g/mol. The van der Waals surface area contributed by atoms with Gasteiger partial charge in [0.05, 0.1) is 16.7 Å². The Hall–Kier alpha value is -2.43. The third-order valence-electron chi connectivity index (χ3n) is 4.01. The average Bonchev–Trinajstić information content (AvgIpc) is 3.09. The molecule has 0 aliphatic carbocycles. The van der Waals surface area contributed by atoms with Gasteiger partial charge in [0.25, 0.3) is 5.69 Å². The van der Waals surface area contributed by atoms with Gasteiger partial charge in [-0.3, -0.25) is 10.1 Å². The van der Waals surface area contributed by atoms with Gasteiger partial charge in [0.15, 0.2) is 0 Å². The Kier molecular flexibility index (Phi) is 4.50. The number of nitrogens with zero attached hydrogens (tertiary/aromatic N) is 4. The molecule has 0 amide bonds. The standard InChI is InChI=1S/C15H14N4O4S2/c1-10(11-5-3-6-12(9-11)19(20)21)18(2)25(22,23)14-8-4-7-13-15(14)17-24-16-13/h3-10H,1-2H3. The third kappa shape index (κ3) is 3.11. The number of non-ortho nitro benzene ring substituents is 1. The summed E-state index contributed by atoms with van der Waals surface area (Å²) in [5.41, 5.74) is 1.29. The lowest BCUT2D eigenvalue weighted by atomic mass is 10.1. The zero-order valence-electron chi connectivity index (χ0n) is 13.4. The molecule has 0 radical (unpaired) electrons. The summed E-state index contributed by atoms with van der Waals surface area (Å²) in [5, 5.41) is 10.9. The molecule has 0 aliphatic heterocycles. The third-order valence-corrected chi connectivity index (χ3v) is 6.52. The van der Waals surface area contributed by atoms with E-state index in [1.54, 1.807) is 25.1 Å². The van der Waals surface area contributed by atoms with Crippen LogP contribution in [0.3, 0.4) is 0 Å². The van der Waals surface area contributed by atoms with Crippen LogP contribution in [0.4, 0.5) is 5.69 Å². The first kappa shape index (κ1) is 17.4. The maximum absolute atomic E-state index is 13.0. The Balaban J connectivity index is 2.01. The normalized spacial score (nSPS) is 13.2. The number of benzene rings is 2. The number of hydrogen-bond donors (Lipinski definition) is 0. The lowest BCUT2D eigenvalue weighted by molar-refractivity contribution is -0.384. The van der Waals surface area contributed by atoms with Gasteiger partial charge in [-0.1, -0.05) is 18.2 Å². The molecule has 8 nitrogen and oxygen atoms in total. The smallest absolute Gasteiger partial charge is 0.258 e. The number of nitro groups is 1. The maximum atomic E-state index is 13.0. The molecule has 25 heavy (non-hydrogen) atoms. The zero-order valence-corrected chi connectivity index (χ0v) is 15.0. The molecule has 0 saturated carbocycles. The zero-order chi connectivity index (χ0) is 18.2. The molecule has 0 N–H and O–H groups in total. The molecule has 0 fully saturated rings. The van der Waals surface area contributed by atoms with Crippen molar-refractivity contribution in [1.82, 2.24) is 13.1 Å². The topological polar surface area (TPSA) is 106 Å². The summed E-state index contributed by atoms with van der Waals surface area (Å²) in [6.45, 7) is 1.68. The second-order valence-electron chi connectivity index (χ2n) is 5.44. The summed E-state index contributed by atoms with van der Waals surface area (Å²) < 4.78 is 35.3. The predicted octanol–water partition coefficient (Wildman–Crippen LogP) is 2.98. The number of rotatable bonds is 5. The van der Waals surface area contributed by atoms with Crippen molar-refractivity contribution >= 4 is 38.5 Å². The summed E-state index contributed by atoms with van der Waals surface area (Å²) >= 11 is 0.947. The minimum Gasteiger partial charge on any atom is -0.258 e. The highest BCUT2D eigenvalue weighted by atomic mass is 32.2. The van der Waals surface area contributed by atoms with Crippen LogP contribution in [-0.4, -0.2) is 33.4 Å². The largest absolute Gasteiger partial charge is 0.269 e. The Bertz CT molecular complexity index is 1050. The number of hydrogen-bond acceptors (Lipinski definition) is 7. The molecular weight excluding hydrogens is 364 g/mol. The van der Waals surface area contributed by atoms with E-state index < -0.39 is 21.0 Å². The monoisotopic (exact) mass is 378 g/mol. The SMILES string of the molecule is CC(c1cccc([N+](=O)[O-])c1)N(C)S(=O)(=O)c1cccc2nsnc12. The minimum absolute atomic E-state index is 0.0681. The first-order valence-corrected chi connectivity index (χ1v) is 9.43. The van der Waals surface area contributed by atoms with E-state index in [1.807, 2.05) is 0 Å². The molecule has 130 valence electrons. The highest BCUT2D eigenvalue weighted by Gasteiger charge is 2.29. The first-order chi connectivity index (χ1) is 11.8. The van der Waals surface area contributed by atoms with E-state index in [4.69, 9.17) is 0 Å². The number of fused-ring (bicyclic) bond motifs is 1. The van der Waals surface area contributed by atoms with Crippen LogP contribution >= 0.6 is 11.7 Å². The lowest BCUT2D eigenvalue weighted by Gasteiger charge is -2.24. The fourth-order valence-electron chi connectivity index (χ4n) is 2.46. The predicted molar refractivity (Wildman–Crippen MR) is 93.9 cm³/mol. The van der Waals surface area contributed by atoms with Gasteiger partial charge in [-0.15, -0.1) is 0 Å². The molecule has 1 aromatic heterocycles. The van der Waals surface area contributed by atoms with E-state index in [2.05, 4.69) is 8.75 Å². The summed E-state index contributed by atoms with van der Waals surface area (Å²) in [6.07, 6.45) is 0. The quantitative estimate of drug-likeness (QED) is 0.499. The molecule has 1 unspecified atom stereocenters. The van der Waals surface area contributed by atoms with E-state index in [1.165, 1.54) is 35.6 Å². The van der Waals surface area contributed by atoms with Crippen LogP contribution < -0.4 is 0 Å². The number of sulfonamides is 1. The van der Waals surface area contributed by atoms with Gasteiger partial charge in [0, 0.05) is 25.2 Å². The van der Waals surface area contributed by atoms with Crippen LogP contribution in [0.5, 0.6) is 0 Å². The van der Waals surface area contributed by atoms with Crippen LogP contribution in [-0.2, 0) is 10.0 Å². The van der Waals surface area contributed by atoms with E-state index >= 15 is 0 Å². The highest BCUT2D eigenvalue weighted by molar-refractivity contribution is 7.89. The molecule has 0 bridgehead atoms. The first-order valence-electron chi connectivity index (χ1n) is 7.26. The van der Waals surface area contributed by atoms with Gasteiger partial charge >= 0.3 is 0 Å². The Morgan fingerprint density at radius 3 is 2.64 bits per heavy atom. The summed E-state index contributed by atoms with van der Waals surface area (Å²) in [7, 11) is -2.41. The van der Waals surface area contributed by atoms with E-state index in [-0.39, 0.29) is 10.6 Å². The molecule has 1 atom stereocenters. The van der Waals surface area contributed by atoms with Gasteiger partial charge in [-0.25, -0.2) is 8.42 Å². The Morgan fingerprint density at radius 2 is 1.92 bits per heavy atom. The molecule has 3 aromatic rings. The van der Waals surface area contributed by atoms with Crippen molar-refractivity contribution < 1.29 is 13.3 Å². The fourth-order valence-corrected chi connectivity index (χ4v) is 4.56. The van der Waals surface area contributed by atoms with Crippen LogP contribution in [0, 0.1) is 10.1 Å².